The number of aliphatic hydroxyl groups is 2. The molecule has 2 atom stereocenters. The zero-order valence-electron chi connectivity index (χ0n) is 6.95. The summed E-state index contributed by atoms with van der Waals surface area (Å²) in [6.45, 7) is 5.53. The molecule has 0 aromatic rings. The van der Waals surface area contributed by atoms with Gasteiger partial charge < -0.3 is 10.2 Å². The van der Waals surface area contributed by atoms with Crippen molar-refractivity contribution in [1.82, 2.24) is 0 Å². The lowest BCUT2D eigenvalue weighted by Crippen LogP contribution is -2.35. The Bertz CT molecular complexity index is 144. The molecule has 0 heterocycles. The number of aliphatic hydroxyl groups excluding tert-OH is 2. The first-order chi connectivity index (χ1) is 5.11. The Balaban J connectivity index is 2.70. The van der Waals surface area contributed by atoms with Gasteiger partial charge in [0, 0.05) is 5.41 Å². The summed E-state index contributed by atoms with van der Waals surface area (Å²) in [4.78, 5) is 0. The van der Waals surface area contributed by atoms with Crippen molar-refractivity contribution < 1.29 is 10.2 Å². The first kappa shape index (κ1) is 8.75. The minimum Gasteiger partial charge on any atom is -0.392 e. The van der Waals surface area contributed by atoms with Gasteiger partial charge in [-0.05, 0) is 19.3 Å². The van der Waals surface area contributed by atoms with Gasteiger partial charge in [-0.25, -0.2) is 0 Å². The van der Waals surface area contributed by atoms with Crippen molar-refractivity contribution in [3.05, 3.63) is 12.7 Å². The van der Waals surface area contributed by atoms with E-state index in [-0.39, 0.29) is 17.6 Å². The highest BCUT2D eigenvalue weighted by molar-refractivity contribution is 4.98. The molecule has 0 aromatic heterocycles. The molecule has 1 aliphatic carbocycles. The summed E-state index contributed by atoms with van der Waals surface area (Å²) in [6.07, 6.45) is 3.15. The molecule has 1 aliphatic rings. The van der Waals surface area contributed by atoms with Crippen LogP contribution in [0.5, 0.6) is 0 Å². The first-order valence-electron chi connectivity index (χ1n) is 4.08. The zero-order chi connectivity index (χ0) is 8.48. The van der Waals surface area contributed by atoms with Crippen LogP contribution in [0.15, 0.2) is 12.7 Å². The highest BCUT2D eigenvalue weighted by Gasteiger charge is 2.43. The summed E-state index contributed by atoms with van der Waals surface area (Å²) in [5, 5.41) is 19.1. The lowest BCUT2D eigenvalue weighted by atomic mass is 9.81. The number of rotatable bonds is 2. The lowest BCUT2D eigenvalue weighted by Gasteiger charge is -2.30. The van der Waals surface area contributed by atoms with Crippen molar-refractivity contribution in [2.45, 2.75) is 38.4 Å². The zero-order valence-corrected chi connectivity index (χ0v) is 6.95. The Hall–Kier alpha value is -0.340. The monoisotopic (exact) mass is 156 g/mol. The molecular formula is C9H16O2. The minimum atomic E-state index is -0.365. The van der Waals surface area contributed by atoms with Gasteiger partial charge in [-0.1, -0.05) is 13.0 Å². The maximum Gasteiger partial charge on any atom is 0.0622 e. The molecule has 0 spiro atoms. The molecule has 2 heteroatoms. The van der Waals surface area contributed by atoms with Crippen LogP contribution in [-0.4, -0.2) is 22.4 Å². The lowest BCUT2D eigenvalue weighted by molar-refractivity contribution is -0.00822. The van der Waals surface area contributed by atoms with E-state index in [1.54, 1.807) is 6.08 Å². The molecule has 2 N–H and O–H groups in total. The summed E-state index contributed by atoms with van der Waals surface area (Å²) in [7, 11) is 0. The summed E-state index contributed by atoms with van der Waals surface area (Å²) in [5.41, 5.74) is -0.345. The van der Waals surface area contributed by atoms with E-state index in [2.05, 4.69) is 6.58 Å². The average molecular weight is 156 g/mol. The minimum absolute atomic E-state index is 0.345. The molecule has 1 saturated carbocycles. The van der Waals surface area contributed by atoms with Crippen molar-refractivity contribution >= 4 is 0 Å². The van der Waals surface area contributed by atoms with E-state index in [1.165, 1.54) is 0 Å². The van der Waals surface area contributed by atoms with E-state index in [0.29, 0.717) is 19.3 Å². The van der Waals surface area contributed by atoms with Gasteiger partial charge in [0.1, 0.15) is 0 Å². The summed E-state index contributed by atoms with van der Waals surface area (Å²) < 4.78 is 0. The molecule has 11 heavy (non-hydrogen) atoms. The first-order valence-corrected chi connectivity index (χ1v) is 4.08. The van der Waals surface area contributed by atoms with Crippen LogP contribution < -0.4 is 0 Å². The molecule has 2 unspecified atom stereocenters. The van der Waals surface area contributed by atoms with Crippen LogP contribution >= 0.6 is 0 Å². The van der Waals surface area contributed by atoms with Crippen molar-refractivity contribution in [3.8, 4) is 0 Å². The van der Waals surface area contributed by atoms with E-state index < -0.39 is 0 Å². The van der Waals surface area contributed by atoms with E-state index in [1.807, 2.05) is 6.92 Å². The van der Waals surface area contributed by atoms with Gasteiger partial charge >= 0.3 is 0 Å². The van der Waals surface area contributed by atoms with E-state index in [0.717, 1.165) is 0 Å². The number of hydrogen-bond donors (Lipinski definition) is 2. The summed E-state index contributed by atoms with van der Waals surface area (Å²) in [6, 6.07) is 0. The van der Waals surface area contributed by atoms with Crippen molar-refractivity contribution in [3.63, 3.8) is 0 Å². The van der Waals surface area contributed by atoms with Crippen LogP contribution in [0.1, 0.15) is 26.2 Å². The molecule has 0 bridgehead atoms. The molecule has 1 rings (SSSR count). The average Bonchev–Trinajstić information content (AvgIpc) is 2.19. The van der Waals surface area contributed by atoms with Gasteiger partial charge in [-0.3, -0.25) is 0 Å². The molecule has 0 radical (unpaired) electrons. The van der Waals surface area contributed by atoms with Crippen molar-refractivity contribution in [1.29, 1.82) is 0 Å². The predicted octanol–water partition coefficient (Wildman–Crippen LogP) is 1.08. The molecule has 64 valence electrons. The topological polar surface area (TPSA) is 40.5 Å². The molecular weight excluding hydrogens is 140 g/mol. The largest absolute Gasteiger partial charge is 0.392 e. The van der Waals surface area contributed by atoms with E-state index in [9.17, 15) is 10.2 Å². The summed E-state index contributed by atoms with van der Waals surface area (Å²) >= 11 is 0. The highest BCUT2D eigenvalue weighted by Crippen LogP contribution is 2.41. The van der Waals surface area contributed by atoms with Gasteiger partial charge in [-0.2, -0.15) is 0 Å². The maximum atomic E-state index is 9.54. The third-order valence-electron chi connectivity index (χ3n) is 2.82. The Morgan fingerprint density at radius 3 is 2.27 bits per heavy atom. The van der Waals surface area contributed by atoms with Crippen LogP contribution in [0, 0.1) is 5.41 Å². The molecule has 1 fully saturated rings. The Morgan fingerprint density at radius 2 is 1.91 bits per heavy atom. The van der Waals surface area contributed by atoms with Crippen LogP contribution in [-0.2, 0) is 0 Å². The van der Waals surface area contributed by atoms with Gasteiger partial charge in [0.2, 0.25) is 0 Å². The standard InChI is InChI=1S/C9H16O2/c1-3-6-9(2)7(10)4-5-8(9)11/h3,7-8,10-11H,1,4-6H2,2H3. The fourth-order valence-electron chi connectivity index (χ4n) is 1.78. The molecule has 0 aromatic carbocycles. The van der Waals surface area contributed by atoms with Crippen LogP contribution in [0.2, 0.25) is 0 Å². The normalized spacial score (nSPS) is 44.3. The third kappa shape index (κ3) is 1.33. The molecule has 0 aliphatic heterocycles. The second-order valence-corrected chi connectivity index (χ2v) is 3.61. The maximum absolute atomic E-state index is 9.54. The predicted molar refractivity (Wildman–Crippen MR) is 44.2 cm³/mol. The van der Waals surface area contributed by atoms with Crippen LogP contribution in [0.25, 0.3) is 0 Å². The van der Waals surface area contributed by atoms with Crippen molar-refractivity contribution in [2.75, 3.05) is 0 Å². The molecule has 0 saturated heterocycles. The van der Waals surface area contributed by atoms with Gasteiger partial charge in [-0.15, -0.1) is 6.58 Å². The fourth-order valence-corrected chi connectivity index (χ4v) is 1.78. The SMILES string of the molecule is C=CCC1(C)C(O)CCC1O. The van der Waals surface area contributed by atoms with Gasteiger partial charge in [0.25, 0.3) is 0 Å². The second-order valence-electron chi connectivity index (χ2n) is 3.61. The van der Waals surface area contributed by atoms with Crippen molar-refractivity contribution in [2.24, 2.45) is 5.41 Å². The Kier molecular flexibility index (Phi) is 2.35. The Labute approximate surface area is 67.6 Å². The molecule has 0 amide bonds. The van der Waals surface area contributed by atoms with Gasteiger partial charge in [0.05, 0.1) is 12.2 Å². The van der Waals surface area contributed by atoms with Crippen LogP contribution in [0.4, 0.5) is 0 Å². The third-order valence-corrected chi connectivity index (χ3v) is 2.82. The fraction of sp³-hybridized carbons (Fsp3) is 0.778. The van der Waals surface area contributed by atoms with E-state index in [4.69, 9.17) is 0 Å². The Morgan fingerprint density at radius 1 is 1.45 bits per heavy atom. The van der Waals surface area contributed by atoms with Gasteiger partial charge in [0.15, 0.2) is 0 Å². The second kappa shape index (κ2) is 2.95. The number of hydrogen-bond acceptors (Lipinski definition) is 2. The smallest absolute Gasteiger partial charge is 0.0622 e. The van der Waals surface area contributed by atoms with Crippen LogP contribution in [0.3, 0.4) is 0 Å². The van der Waals surface area contributed by atoms with E-state index >= 15 is 0 Å². The quantitative estimate of drug-likeness (QED) is 0.587. The highest BCUT2D eigenvalue weighted by atomic mass is 16.3. The molecule has 2 nitrogen and oxygen atoms in total. The number of allylic oxidation sites excluding steroid dienone is 1. The summed E-state index contributed by atoms with van der Waals surface area (Å²) in [5.74, 6) is 0.